The highest BCUT2D eigenvalue weighted by atomic mass is 32.1. The van der Waals surface area contributed by atoms with Gasteiger partial charge in [-0.25, -0.2) is 9.97 Å². The molecule has 0 aliphatic heterocycles. The summed E-state index contributed by atoms with van der Waals surface area (Å²) < 4.78 is 5.70. The van der Waals surface area contributed by atoms with Gasteiger partial charge in [-0.1, -0.05) is 11.3 Å². The van der Waals surface area contributed by atoms with E-state index in [1.54, 1.807) is 23.8 Å². The van der Waals surface area contributed by atoms with Crippen molar-refractivity contribution in [2.24, 2.45) is 5.92 Å². The second kappa shape index (κ2) is 8.09. The first kappa shape index (κ1) is 17.3. The highest BCUT2D eigenvalue weighted by Gasteiger charge is 2.22. The molecular weight excluding hydrogens is 364 g/mol. The molecule has 1 saturated carbocycles. The van der Waals surface area contributed by atoms with E-state index in [9.17, 15) is 4.79 Å². The molecule has 138 valence electrons. The van der Waals surface area contributed by atoms with Crippen molar-refractivity contribution in [3.8, 4) is 5.88 Å². The van der Waals surface area contributed by atoms with E-state index in [2.05, 4.69) is 30.8 Å². The fraction of sp³-hybridized carbons (Fsp3) is 0.278. The summed E-state index contributed by atoms with van der Waals surface area (Å²) in [5.41, 5.74) is 3.06. The van der Waals surface area contributed by atoms with Gasteiger partial charge in [0.05, 0.1) is 12.2 Å². The minimum atomic E-state index is -0.266. The third-order valence-electron chi connectivity index (χ3n) is 4.04. The van der Waals surface area contributed by atoms with E-state index in [1.165, 1.54) is 30.4 Å². The van der Waals surface area contributed by atoms with Crippen LogP contribution in [0.3, 0.4) is 0 Å². The summed E-state index contributed by atoms with van der Waals surface area (Å²) in [6.07, 6.45) is 5.77. The molecule has 9 heteroatoms. The second-order valence-corrected chi connectivity index (χ2v) is 7.07. The summed E-state index contributed by atoms with van der Waals surface area (Å²) in [7, 11) is 0. The first-order valence-electron chi connectivity index (χ1n) is 8.61. The van der Waals surface area contributed by atoms with Crippen LogP contribution < -0.4 is 15.4 Å². The Morgan fingerprint density at radius 2 is 2.19 bits per heavy atom. The molecule has 1 aliphatic rings. The number of amides is 1. The maximum atomic E-state index is 12.1. The van der Waals surface area contributed by atoms with Crippen LogP contribution in [-0.4, -0.2) is 32.7 Å². The van der Waals surface area contributed by atoms with Gasteiger partial charge < -0.3 is 10.1 Å². The van der Waals surface area contributed by atoms with Crippen molar-refractivity contribution in [1.82, 2.24) is 20.2 Å². The van der Waals surface area contributed by atoms with Gasteiger partial charge in [-0.3, -0.25) is 10.1 Å². The van der Waals surface area contributed by atoms with Gasteiger partial charge >= 0.3 is 0 Å². The molecule has 0 spiro atoms. The Labute approximate surface area is 160 Å². The number of hydrogen-bond donors (Lipinski definition) is 2. The van der Waals surface area contributed by atoms with Crippen molar-refractivity contribution >= 4 is 28.2 Å². The Bertz CT molecular complexity index is 896. The van der Waals surface area contributed by atoms with Gasteiger partial charge in [-0.15, -0.1) is 10.2 Å². The first-order chi connectivity index (χ1) is 13.3. The Hall–Kier alpha value is -3.07. The fourth-order valence-electron chi connectivity index (χ4n) is 2.35. The highest BCUT2D eigenvalue weighted by molar-refractivity contribution is 7.13. The van der Waals surface area contributed by atoms with Crippen molar-refractivity contribution in [3.05, 3.63) is 53.3 Å². The molecule has 0 aromatic carbocycles. The van der Waals surface area contributed by atoms with Crippen molar-refractivity contribution in [2.75, 3.05) is 17.2 Å². The average Bonchev–Trinajstić information content (AvgIpc) is 3.40. The standard InChI is InChI=1S/C18H18N6O2S/c25-17(23-18-24-22-11-27-18)14-3-4-15(21-9-14)20-8-13-5-6-19-16(7-13)26-10-12-1-2-12/h3-7,9,11-12H,1-2,8,10H2,(H,20,21)(H,23,24,25). The number of nitrogens with one attached hydrogen (secondary N) is 2. The van der Waals surface area contributed by atoms with Crippen LogP contribution in [0.4, 0.5) is 10.9 Å². The number of aromatic nitrogens is 4. The maximum Gasteiger partial charge on any atom is 0.259 e. The van der Waals surface area contributed by atoms with Crippen LogP contribution in [0.2, 0.25) is 0 Å². The molecule has 0 radical (unpaired) electrons. The van der Waals surface area contributed by atoms with Gasteiger partial charge in [0, 0.05) is 25.0 Å². The maximum absolute atomic E-state index is 12.1. The molecule has 27 heavy (non-hydrogen) atoms. The van der Waals surface area contributed by atoms with Crippen LogP contribution in [0.5, 0.6) is 5.88 Å². The predicted molar refractivity (Wildman–Crippen MR) is 102 cm³/mol. The predicted octanol–water partition coefficient (Wildman–Crippen LogP) is 2.98. The monoisotopic (exact) mass is 382 g/mol. The highest BCUT2D eigenvalue weighted by Crippen LogP contribution is 2.29. The summed E-state index contributed by atoms with van der Waals surface area (Å²) in [6.45, 7) is 1.33. The van der Waals surface area contributed by atoms with Crippen LogP contribution in [0.1, 0.15) is 28.8 Å². The van der Waals surface area contributed by atoms with Gasteiger partial charge in [0.25, 0.3) is 5.91 Å². The van der Waals surface area contributed by atoms with Gasteiger partial charge in [0.1, 0.15) is 11.3 Å². The van der Waals surface area contributed by atoms with Gasteiger partial charge in [0.2, 0.25) is 11.0 Å². The van der Waals surface area contributed by atoms with Crippen LogP contribution in [0.25, 0.3) is 0 Å². The molecule has 0 saturated heterocycles. The number of nitrogens with zero attached hydrogens (tertiary/aromatic N) is 4. The molecule has 0 bridgehead atoms. The summed E-state index contributed by atoms with van der Waals surface area (Å²) in [5, 5.41) is 13.8. The summed E-state index contributed by atoms with van der Waals surface area (Å²) in [6, 6.07) is 7.34. The van der Waals surface area contributed by atoms with Gasteiger partial charge in [-0.2, -0.15) is 0 Å². The molecular formula is C18H18N6O2S. The van der Waals surface area contributed by atoms with Crippen molar-refractivity contribution in [1.29, 1.82) is 0 Å². The van der Waals surface area contributed by atoms with Gasteiger partial charge in [-0.05, 0) is 42.5 Å². The minimum absolute atomic E-state index is 0.266. The van der Waals surface area contributed by atoms with Crippen LogP contribution in [0.15, 0.2) is 42.2 Å². The SMILES string of the molecule is O=C(Nc1nncs1)c1ccc(NCc2ccnc(OCC3CC3)c2)nc1. The van der Waals surface area contributed by atoms with Crippen LogP contribution in [0, 0.1) is 5.92 Å². The lowest BCUT2D eigenvalue weighted by atomic mass is 10.2. The zero-order valence-electron chi connectivity index (χ0n) is 14.5. The number of rotatable bonds is 8. The number of anilines is 2. The van der Waals surface area contributed by atoms with E-state index in [4.69, 9.17) is 4.74 Å². The van der Waals surface area contributed by atoms with E-state index >= 15 is 0 Å². The van der Waals surface area contributed by atoms with E-state index in [-0.39, 0.29) is 5.91 Å². The van der Waals surface area contributed by atoms with Gasteiger partial charge in [0.15, 0.2) is 0 Å². The third-order valence-corrected chi connectivity index (χ3v) is 4.65. The lowest BCUT2D eigenvalue weighted by Gasteiger charge is -2.08. The molecule has 0 unspecified atom stereocenters. The average molecular weight is 382 g/mol. The Kier molecular flexibility index (Phi) is 5.20. The quantitative estimate of drug-likeness (QED) is 0.617. The Morgan fingerprint density at radius 1 is 1.26 bits per heavy atom. The molecule has 1 fully saturated rings. The van der Waals surface area contributed by atoms with E-state index in [1.807, 2.05) is 12.1 Å². The number of carbonyl (C=O) groups is 1. The Balaban J connectivity index is 1.30. The Morgan fingerprint density at radius 3 is 2.93 bits per heavy atom. The number of hydrogen-bond acceptors (Lipinski definition) is 8. The van der Waals surface area contributed by atoms with E-state index in [0.29, 0.717) is 34.9 Å². The van der Waals surface area contributed by atoms with Crippen molar-refractivity contribution in [2.45, 2.75) is 19.4 Å². The zero-order valence-corrected chi connectivity index (χ0v) is 15.3. The molecule has 3 heterocycles. The molecule has 2 N–H and O–H groups in total. The third kappa shape index (κ3) is 4.98. The molecule has 0 atom stereocenters. The lowest BCUT2D eigenvalue weighted by molar-refractivity contribution is 0.102. The van der Waals surface area contributed by atoms with Crippen molar-refractivity contribution in [3.63, 3.8) is 0 Å². The largest absolute Gasteiger partial charge is 0.477 e. The normalized spacial score (nSPS) is 13.2. The number of ether oxygens (including phenoxy) is 1. The summed E-state index contributed by atoms with van der Waals surface area (Å²) in [4.78, 5) is 20.6. The fourth-order valence-corrected chi connectivity index (χ4v) is 2.79. The number of pyridine rings is 2. The molecule has 3 aromatic heterocycles. The summed E-state index contributed by atoms with van der Waals surface area (Å²) in [5.74, 6) is 1.76. The topological polar surface area (TPSA) is 102 Å². The van der Waals surface area contributed by atoms with Crippen LogP contribution in [-0.2, 0) is 6.54 Å². The van der Waals surface area contributed by atoms with Crippen LogP contribution >= 0.6 is 11.3 Å². The molecule has 4 rings (SSSR count). The van der Waals surface area contributed by atoms with E-state index in [0.717, 1.165) is 12.2 Å². The minimum Gasteiger partial charge on any atom is -0.477 e. The second-order valence-electron chi connectivity index (χ2n) is 6.24. The summed E-state index contributed by atoms with van der Waals surface area (Å²) >= 11 is 1.26. The number of carbonyl (C=O) groups excluding carboxylic acids is 1. The molecule has 3 aromatic rings. The molecule has 1 amide bonds. The first-order valence-corrected chi connectivity index (χ1v) is 9.49. The smallest absolute Gasteiger partial charge is 0.259 e. The van der Waals surface area contributed by atoms with Crippen molar-refractivity contribution < 1.29 is 9.53 Å². The molecule has 1 aliphatic carbocycles. The molecule has 8 nitrogen and oxygen atoms in total. The zero-order chi connectivity index (χ0) is 18.5. The lowest BCUT2D eigenvalue weighted by Crippen LogP contribution is -2.12. The van der Waals surface area contributed by atoms with E-state index < -0.39 is 0 Å².